The fourth-order valence-electron chi connectivity index (χ4n) is 2.53. The van der Waals surface area contributed by atoms with Gasteiger partial charge in [-0.3, -0.25) is 0 Å². The van der Waals surface area contributed by atoms with Crippen LogP contribution in [0.25, 0.3) is 0 Å². The van der Waals surface area contributed by atoms with E-state index in [4.69, 9.17) is 18.0 Å². The molecule has 0 amide bonds. The normalized spacial score (nSPS) is 23.7. The van der Waals surface area contributed by atoms with Crippen LogP contribution in [0.4, 0.5) is 5.82 Å². The minimum atomic E-state index is 0.305. The smallest absolute Gasteiger partial charge is 0.157 e. The lowest BCUT2D eigenvalue weighted by atomic mass is 10.1. The molecule has 1 aromatic heterocycles. The van der Waals surface area contributed by atoms with Crippen LogP contribution in [0.5, 0.6) is 0 Å². The Morgan fingerprint density at radius 2 is 2.06 bits per heavy atom. The molecule has 5 nitrogen and oxygen atoms in total. The van der Waals surface area contributed by atoms with Gasteiger partial charge in [-0.25, -0.2) is 9.97 Å². The first-order valence-corrected chi connectivity index (χ1v) is 6.43. The van der Waals surface area contributed by atoms with Crippen LogP contribution in [0.3, 0.4) is 0 Å². The van der Waals surface area contributed by atoms with E-state index in [1.54, 1.807) is 12.4 Å². The van der Waals surface area contributed by atoms with E-state index >= 15 is 0 Å². The summed E-state index contributed by atoms with van der Waals surface area (Å²) in [6.45, 7) is 4.14. The monoisotopic (exact) mass is 265 g/mol. The Bertz CT molecular complexity index is 448. The SMILES string of the molecule is CC1CN(c2nccnc2C(N)=S)CC1N(C)C. The van der Waals surface area contributed by atoms with Gasteiger partial charge in [-0.05, 0) is 20.0 Å². The molecular weight excluding hydrogens is 246 g/mol. The van der Waals surface area contributed by atoms with E-state index in [2.05, 4.69) is 40.8 Å². The van der Waals surface area contributed by atoms with E-state index in [1.807, 2.05) is 0 Å². The number of likely N-dealkylation sites (N-methyl/N-ethyl adjacent to an activating group) is 1. The highest BCUT2D eigenvalue weighted by molar-refractivity contribution is 7.80. The van der Waals surface area contributed by atoms with Crippen molar-refractivity contribution >= 4 is 23.0 Å². The summed E-state index contributed by atoms with van der Waals surface area (Å²) in [5.74, 6) is 1.39. The number of nitrogens with two attached hydrogens (primary N) is 1. The Balaban J connectivity index is 2.26. The van der Waals surface area contributed by atoms with Crippen LogP contribution < -0.4 is 10.6 Å². The molecule has 2 atom stereocenters. The van der Waals surface area contributed by atoms with Crippen molar-refractivity contribution in [2.24, 2.45) is 11.7 Å². The maximum atomic E-state index is 5.70. The van der Waals surface area contributed by atoms with E-state index in [9.17, 15) is 0 Å². The minimum absolute atomic E-state index is 0.305. The summed E-state index contributed by atoms with van der Waals surface area (Å²) >= 11 is 5.03. The van der Waals surface area contributed by atoms with E-state index in [-0.39, 0.29) is 0 Å². The molecule has 98 valence electrons. The summed E-state index contributed by atoms with van der Waals surface area (Å²) in [5.41, 5.74) is 6.33. The van der Waals surface area contributed by atoms with Crippen molar-refractivity contribution in [3.05, 3.63) is 18.1 Å². The molecule has 0 saturated carbocycles. The maximum Gasteiger partial charge on any atom is 0.157 e. The zero-order chi connectivity index (χ0) is 13.3. The average molecular weight is 265 g/mol. The van der Waals surface area contributed by atoms with Crippen LogP contribution in [-0.2, 0) is 0 Å². The van der Waals surface area contributed by atoms with Crippen molar-refractivity contribution in [3.63, 3.8) is 0 Å². The van der Waals surface area contributed by atoms with Crippen molar-refractivity contribution in [3.8, 4) is 0 Å². The molecule has 1 saturated heterocycles. The van der Waals surface area contributed by atoms with E-state index in [1.165, 1.54) is 0 Å². The summed E-state index contributed by atoms with van der Waals surface area (Å²) in [6.07, 6.45) is 3.31. The fourth-order valence-corrected chi connectivity index (χ4v) is 2.67. The van der Waals surface area contributed by atoms with Crippen LogP contribution in [0.15, 0.2) is 12.4 Å². The molecule has 0 aliphatic carbocycles. The van der Waals surface area contributed by atoms with E-state index in [0.29, 0.717) is 22.6 Å². The Morgan fingerprint density at radius 1 is 1.39 bits per heavy atom. The molecule has 2 heterocycles. The maximum absolute atomic E-state index is 5.70. The van der Waals surface area contributed by atoms with Crippen LogP contribution in [0, 0.1) is 5.92 Å². The number of aromatic nitrogens is 2. The molecule has 2 N–H and O–H groups in total. The molecule has 1 aliphatic rings. The van der Waals surface area contributed by atoms with E-state index in [0.717, 1.165) is 18.9 Å². The molecule has 1 aliphatic heterocycles. The lowest BCUT2D eigenvalue weighted by Crippen LogP contribution is -2.34. The topological polar surface area (TPSA) is 58.3 Å². The van der Waals surface area contributed by atoms with Gasteiger partial charge < -0.3 is 15.5 Å². The summed E-state index contributed by atoms with van der Waals surface area (Å²) in [7, 11) is 4.21. The third-order valence-corrected chi connectivity index (χ3v) is 3.64. The average Bonchev–Trinajstić information content (AvgIpc) is 2.71. The first-order valence-electron chi connectivity index (χ1n) is 6.03. The fraction of sp³-hybridized carbons (Fsp3) is 0.583. The van der Waals surface area contributed by atoms with Crippen LogP contribution >= 0.6 is 12.2 Å². The molecule has 1 aromatic rings. The Labute approximate surface area is 113 Å². The number of rotatable bonds is 3. The van der Waals surface area contributed by atoms with Crippen LogP contribution in [0.2, 0.25) is 0 Å². The highest BCUT2D eigenvalue weighted by Crippen LogP contribution is 2.26. The van der Waals surface area contributed by atoms with Gasteiger partial charge in [-0.2, -0.15) is 0 Å². The number of anilines is 1. The van der Waals surface area contributed by atoms with Gasteiger partial charge in [-0.1, -0.05) is 19.1 Å². The number of thiocarbonyl (C=S) groups is 1. The van der Waals surface area contributed by atoms with Crippen molar-refractivity contribution in [1.82, 2.24) is 14.9 Å². The highest BCUT2D eigenvalue weighted by atomic mass is 32.1. The van der Waals surface area contributed by atoms with Crippen molar-refractivity contribution in [2.45, 2.75) is 13.0 Å². The predicted molar refractivity (Wildman–Crippen MR) is 76.8 cm³/mol. The van der Waals surface area contributed by atoms with Crippen molar-refractivity contribution in [2.75, 3.05) is 32.1 Å². The van der Waals surface area contributed by atoms with Gasteiger partial charge in [0.15, 0.2) is 5.82 Å². The van der Waals surface area contributed by atoms with Crippen LogP contribution in [0.1, 0.15) is 12.6 Å². The summed E-state index contributed by atoms with van der Waals surface area (Å²) in [4.78, 5) is 13.4. The summed E-state index contributed by atoms with van der Waals surface area (Å²) < 4.78 is 0. The first kappa shape index (κ1) is 13.2. The lowest BCUT2D eigenvalue weighted by Gasteiger charge is -2.23. The Hall–Kier alpha value is -1.27. The molecule has 0 spiro atoms. The predicted octanol–water partition coefficient (Wildman–Crippen LogP) is 0.497. The van der Waals surface area contributed by atoms with Gasteiger partial charge in [0.25, 0.3) is 0 Å². The van der Waals surface area contributed by atoms with E-state index < -0.39 is 0 Å². The summed E-state index contributed by atoms with van der Waals surface area (Å²) in [6, 6.07) is 0.520. The van der Waals surface area contributed by atoms with Crippen molar-refractivity contribution in [1.29, 1.82) is 0 Å². The molecule has 0 radical (unpaired) electrons. The second kappa shape index (κ2) is 5.16. The Morgan fingerprint density at radius 3 is 2.61 bits per heavy atom. The second-order valence-corrected chi connectivity index (χ2v) is 5.45. The zero-order valence-electron chi connectivity index (χ0n) is 11.0. The molecule has 0 aromatic carbocycles. The zero-order valence-corrected chi connectivity index (χ0v) is 11.8. The largest absolute Gasteiger partial charge is 0.388 e. The molecule has 2 rings (SSSR count). The van der Waals surface area contributed by atoms with Crippen molar-refractivity contribution < 1.29 is 0 Å². The summed E-state index contributed by atoms with van der Waals surface area (Å²) in [5, 5.41) is 0. The van der Waals surface area contributed by atoms with Gasteiger partial charge in [0.05, 0.1) is 0 Å². The van der Waals surface area contributed by atoms with Crippen LogP contribution in [-0.4, -0.2) is 53.1 Å². The quantitative estimate of drug-likeness (QED) is 0.803. The Kier molecular flexibility index (Phi) is 3.77. The second-order valence-electron chi connectivity index (χ2n) is 5.01. The standard InChI is InChI=1S/C12H19N5S/c1-8-6-17(7-9(8)16(2)3)12-10(11(13)18)14-4-5-15-12/h4-5,8-9H,6-7H2,1-3H3,(H2,13,18). The minimum Gasteiger partial charge on any atom is -0.388 e. The van der Waals surface area contributed by atoms with Gasteiger partial charge in [0.2, 0.25) is 0 Å². The molecule has 18 heavy (non-hydrogen) atoms. The molecule has 6 heteroatoms. The number of hydrogen-bond donors (Lipinski definition) is 1. The third-order valence-electron chi connectivity index (χ3n) is 3.45. The molecule has 2 unspecified atom stereocenters. The highest BCUT2D eigenvalue weighted by Gasteiger charge is 2.33. The van der Waals surface area contributed by atoms with Gasteiger partial charge in [-0.15, -0.1) is 0 Å². The molecule has 0 bridgehead atoms. The molecule has 1 fully saturated rings. The first-order chi connectivity index (χ1) is 8.50. The third kappa shape index (κ3) is 2.44. The van der Waals surface area contributed by atoms with Gasteiger partial charge >= 0.3 is 0 Å². The van der Waals surface area contributed by atoms with Gasteiger partial charge in [0.1, 0.15) is 10.7 Å². The number of nitrogens with zero attached hydrogens (tertiary/aromatic N) is 4. The lowest BCUT2D eigenvalue weighted by molar-refractivity contribution is 0.266. The number of hydrogen-bond acceptors (Lipinski definition) is 5. The molecular formula is C12H19N5S. The van der Waals surface area contributed by atoms with Gasteiger partial charge in [0, 0.05) is 31.5 Å².